The smallest absolute Gasteiger partial charge is 0.409 e. The largest absolute Gasteiger partial charge is 0.454 e. The Balaban J connectivity index is 2.10. The zero-order valence-corrected chi connectivity index (χ0v) is 15.4. The van der Waals surface area contributed by atoms with Crippen LogP contribution in [0, 0.1) is 0 Å². The Hall–Kier alpha value is -1.62. The molecule has 4 heteroatoms. The number of rotatable bonds is 7. The molecular formula is C21H28BNO2. The number of nitrogens with one attached hydrogen (secondary N) is 1. The highest BCUT2D eigenvalue weighted by molar-refractivity contribution is 6.42. The van der Waals surface area contributed by atoms with E-state index in [1.54, 1.807) is 0 Å². The molecule has 1 saturated heterocycles. The molecule has 1 N–H and O–H groups in total. The minimum atomic E-state index is -0.562. The van der Waals surface area contributed by atoms with Gasteiger partial charge in [0.15, 0.2) is 0 Å². The first-order chi connectivity index (χ1) is 12.1. The average molecular weight is 337 g/mol. The quantitative estimate of drug-likeness (QED) is 0.767. The Kier molecular flexibility index (Phi) is 5.95. The molecule has 3 rings (SSSR count). The summed E-state index contributed by atoms with van der Waals surface area (Å²) in [7, 11) is -0.303. The first-order valence-electron chi connectivity index (χ1n) is 9.30. The molecule has 1 fully saturated rings. The molecule has 132 valence electrons. The molecule has 1 aliphatic heterocycles. The van der Waals surface area contributed by atoms with Gasteiger partial charge in [0.25, 0.3) is 0 Å². The summed E-state index contributed by atoms with van der Waals surface area (Å²) >= 11 is 0. The van der Waals surface area contributed by atoms with Gasteiger partial charge in [0, 0.05) is 12.1 Å². The van der Waals surface area contributed by atoms with Crippen LogP contribution in [0.1, 0.15) is 37.8 Å². The first kappa shape index (κ1) is 18.2. The monoisotopic (exact) mass is 337 g/mol. The maximum atomic E-state index is 6.72. The summed E-state index contributed by atoms with van der Waals surface area (Å²) in [5.41, 5.74) is 1.77. The first-order valence-corrected chi connectivity index (χ1v) is 9.30. The molecule has 0 aromatic heterocycles. The van der Waals surface area contributed by atoms with Crippen molar-refractivity contribution in [3.8, 4) is 0 Å². The van der Waals surface area contributed by atoms with Gasteiger partial charge in [-0.15, -0.1) is 0 Å². The van der Waals surface area contributed by atoms with Crippen molar-refractivity contribution in [2.75, 3.05) is 6.54 Å². The number of hydrogen-bond donors (Lipinski definition) is 1. The Morgan fingerprint density at radius 1 is 1.00 bits per heavy atom. The second-order valence-electron chi connectivity index (χ2n) is 6.99. The Bertz CT molecular complexity index is 602. The van der Waals surface area contributed by atoms with Crippen LogP contribution in [-0.4, -0.2) is 25.8 Å². The van der Waals surface area contributed by atoms with E-state index in [0.29, 0.717) is 0 Å². The van der Waals surface area contributed by atoms with Crippen LogP contribution < -0.4 is 5.32 Å². The van der Waals surface area contributed by atoms with Gasteiger partial charge in [-0.25, -0.2) is 0 Å². The van der Waals surface area contributed by atoms with Crippen molar-refractivity contribution in [2.45, 2.75) is 51.3 Å². The van der Waals surface area contributed by atoms with Crippen molar-refractivity contribution in [1.29, 1.82) is 0 Å². The molecule has 0 unspecified atom stereocenters. The molecule has 2 aromatic rings. The predicted octanol–water partition coefficient (Wildman–Crippen LogP) is 4.24. The fourth-order valence-electron chi connectivity index (χ4n) is 3.86. The van der Waals surface area contributed by atoms with Crippen LogP contribution in [0.2, 0.25) is 6.82 Å². The molecule has 1 aliphatic rings. The van der Waals surface area contributed by atoms with Crippen LogP contribution in [0.3, 0.4) is 0 Å². The fourth-order valence-corrected chi connectivity index (χ4v) is 3.86. The summed E-state index contributed by atoms with van der Waals surface area (Å²) in [5, 5.41) is 3.67. The van der Waals surface area contributed by atoms with Crippen molar-refractivity contribution in [3.63, 3.8) is 0 Å². The summed E-state index contributed by atoms with van der Waals surface area (Å²) in [5.74, 6) is 0. The SMILES string of the molecule is CB(OC(C)C)OC(c1ccccc1)(c1ccccc1)[C@@H]1CCCN1. The highest BCUT2D eigenvalue weighted by Crippen LogP contribution is 2.40. The summed E-state index contributed by atoms with van der Waals surface area (Å²) in [6.07, 6.45) is 2.36. The van der Waals surface area contributed by atoms with Gasteiger partial charge in [0.2, 0.25) is 0 Å². The van der Waals surface area contributed by atoms with Crippen molar-refractivity contribution in [3.05, 3.63) is 71.8 Å². The number of hydrogen-bond acceptors (Lipinski definition) is 3. The molecule has 0 radical (unpaired) electrons. The van der Waals surface area contributed by atoms with Gasteiger partial charge in [0.05, 0.1) is 0 Å². The highest BCUT2D eigenvalue weighted by Gasteiger charge is 2.46. The summed E-state index contributed by atoms with van der Waals surface area (Å²) in [4.78, 5) is 0. The topological polar surface area (TPSA) is 30.5 Å². The molecule has 25 heavy (non-hydrogen) atoms. The normalized spacial score (nSPS) is 17.8. The van der Waals surface area contributed by atoms with E-state index in [-0.39, 0.29) is 19.3 Å². The minimum absolute atomic E-state index is 0.121. The molecule has 3 nitrogen and oxygen atoms in total. The second-order valence-corrected chi connectivity index (χ2v) is 6.99. The molecule has 0 spiro atoms. The van der Waals surface area contributed by atoms with E-state index in [0.717, 1.165) is 19.4 Å². The van der Waals surface area contributed by atoms with Crippen molar-refractivity contribution >= 4 is 7.12 Å². The zero-order valence-electron chi connectivity index (χ0n) is 15.4. The van der Waals surface area contributed by atoms with Crippen LogP contribution >= 0.6 is 0 Å². The lowest BCUT2D eigenvalue weighted by molar-refractivity contribution is 0.0308. The van der Waals surface area contributed by atoms with E-state index in [1.807, 2.05) is 20.7 Å². The molecule has 0 saturated carbocycles. The van der Waals surface area contributed by atoms with Crippen molar-refractivity contribution in [2.24, 2.45) is 0 Å². The third-order valence-corrected chi connectivity index (χ3v) is 4.77. The lowest BCUT2D eigenvalue weighted by Crippen LogP contribution is -2.51. The van der Waals surface area contributed by atoms with Crippen LogP contribution in [-0.2, 0) is 14.9 Å². The highest BCUT2D eigenvalue weighted by atomic mass is 16.6. The van der Waals surface area contributed by atoms with E-state index < -0.39 is 5.60 Å². The van der Waals surface area contributed by atoms with E-state index in [9.17, 15) is 0 Å². The fraction of sp³-hybridized carbons (Fsp3) is 0.429. The molecule has 0 bridgehead atoms. The third-order valence-electron chi connectivity index (χ3n) is 4.77. The summed E-state index contributed by atoms with van der Waals surface area (Å²) < 4.78 is 12.7. The standard InChI is InChI=1S/C21H28BNO2/c1-17(2)24-22(3)25-21(20-15-10-16-23-20,18-11-6-4-7-12-18)19-13-8-5-9-14-19/h4-9,11-14,17,20,23H,10,15-16H2,1-3H3/t20-/m0/s1. The van der Waals surface area contributed by atoms with Crippen LogP contribution in [0.5, 0.6) is 0 Å². The Labute approximate surface area is 151 Å². The van der Waals surface area contributed by atoms with Gasteiger partial charge in [-0.1, -0.05) is 60.7 Å². The second kappa shape index (κ2) is 8.18. The molecular weight excluding hydrogens is 309 g/mol. The lowest BCUT2D eigenvalue weighted by atomic mass is 9.76. The van der Waals surface area contributed by atoms with Crippen LogP contribution in [0.15, 0.2) is 60.7 Å². The minimum Gasteiger partial charge on any atom is -0.409 e. The summed E-state index contributed by atoms with van der Waals surface area (Å²) in [6.45, 7) is 7.10. The molecule has 0 amide bonds. The van der Waals surface area contributed by atoms with Gasteiger partial charge >= 0.3 is 7.12 Å². The zero-order chi connectivity index (χ0) is 17.7. The van der Waals surface area contributed by atoms with Gasteiger partial charge in [-0.3, -0.25) is 0 Å². The predicted molar refractivity (Wildman–Crippen MR) is 104 cm³/mol. The summed E-state index contributed by atoms with van der Waals surface area (Å²) in [6, 6.07) is 21.3. The molecule has 1 heterocycles. The van der Waals surface area contributed by atoms with E-state index in [2.05, 4.69) is 66.0 Å². The van der Waals surface area contributed by atoms with Gasteiger partial charge in [0.1, 0.15) is 5.60 Å². The average Bonchev–Trinajstić information content (AvgIpc) is 3.15. The molecule has 1 atom stereocenters. The van der Waals surface area contributed by atoms with Crippen LogP contribution in [0.4, 0.5) is 0 Å². The van der Waals surface area contributed by atoms with Gasteiger partial charge < -0.3 is 14.6 Å². The Morgan fingerprint density at radius 2 is 1.56 bits per heavy atom. The maximum Gasteiger partial charge on any atom is 0.454 e. The van der Waals surface area contributed by atoms with Crippen LogP contribution in [0.25, 0.3) is 0 Å². The Morgan fingerprint density at radius 3 is 2.00 bits per heavy atom. The van der Waals surface area contributed by atoms with E-state index in [4.69, 9.17) is 9.31 Å². The van der Waals surface area contributed by atoms with Crippen molar-refractivity contribution in [1.82, 2.24) is 5.32 Å². The van der Waals surface area contributed by atoms with Gasteiger partial charge in [-0.2, -0.15) is 0 Å². The molecule has 0 aliphatic carbocycles. The van der Waals surface area contributed by atoms with E-state index in [1.165, 1.54) is 11.1 Å². The lowest BCUT2D eigenvalue weighted by Gasteiger charge is -2.42. The molecule has 2 aromatic carbocycles. The van der Waals surface area contributed by atoms with E-state index >= 15 is 0 Å². The third kappa shape index (κ3) is 3.97. The maximum absolute atomic E-state index is 6.72. The van der Waals surface area contributed by atoms with Gasteiger partial charge in [-0.05, 0) is 51.2 Å². The van der Waals surface area contributed by atoms with Crippen molar-refractivity contribution < 1.29 is 9.31 Å². The number of benzene rings is 2.